The molecule has 4 nitrogen and oxygen atoms in total. The summed E-state index contributed by atoms with van der Waals surface area (Å²) in [5.41, 5.74) is 0. The maximum atomic E-state index is 12.2. The largest absolute Gasteiger partial charge is 0.342 e. The Balaban J connectivity index is 1.73. The summed E-state index contributed by atoms with van der Waals surface area (Å²) in [5, 5.41) is 0. The highest BCUT2D eigenvalue weighted by Gasteiger charge is 2.24. The summed E-state index contributed by atoms with van der Waals surface area (Å²) < 4.78 is 0. The minimum atomic E-state index is 0.162. The van der Waals surface area contributed by atoms with Crippen LogP contribution in [0.2, 0.25) is 0 Å². The van der Waals surface area contributed by atoms with Crippen LogP contribution in [0, 0.1) is 11.8 Å². The van der Waals surface area contributed by atoms with Crippen LogP contribution in [0.5, 0.6) is 0 Å². The van der Waals surface area contributed by atoms with Crippen molar-refractivity contribution in [3.63, 3.8) is 0 Å². The molecule has 0 unspecified atom stereocenters. The van der Waals surface area contributed by atoms with Crippen LogP contribution in [-0.2, 0) is 9.59 Å². The fourth-order valence-electron chi connectivity index (χ4n) is 3.36. The molecule has 2 heterocycles. The quantitative estimate of drug-likeness (QED) is 0.796. The van der Waals surface area contributed by atoms with E-state index in [0.29, 0.717) is 24.7 Å². The Hall–Kier alpha value is -1.06. The molecule has 0 radical (unpaired) electrons. The highest BCUT2D eigenvalue weighted by Crippen LogP contribution is 2.18. The van der Waals surface area contributed by atoms with Gasteiger partial charge in [0.2, 0.25) is 11.8 Å². The number of piperidine rings is 2. The standard InChI is InChI=1S/C16H28N2O2/c1-13-5-3-9-17(11-13)15(19)7-8-16(20)18-10-4-6-14(2)12-18/h13-14H,3-12H2,1-2H3/t13-,14-/m1/s1. The zero-order valence-electron chi connectivity index (χ0n) is 12.9. The van der Waals surface area contributed by atoms with Crippen LogP contribution in [0.3, 0.4) is 0 Å². The average Bonchev–Trinajstić information content (AvgIpc) is 2.44. The molecule has 114 valence electrons. The third kappa shape index (κ3) is 4.22. The average molecular weight is 280 g/mol. The highest BCUT2D eigenvalue weighted by atomic mass is 16.2. The van der Waals surface area contributed by atoms with Crippen LogP contribution >= 0.6 is 0 Å². The van der Waals surface area contributed by atoms with Gasteiger partial charge in [0, 0.05) is 39.0 Å². The molecule has 0 saturated carbocycles. The van der Waals surface area contributed by atoms with Crippen molar-refractivity contribution in [3.05, 3.63) is 0 Å². The Morgan fingerprint density at radius 2 is 1.25 bits per heavy atom. The van der Waals surface area contributed by atoms with E-state index in [4.69, 9.17) is 0 Å². The van der Waals surface area contributed by atoms with Crippen LogP contribution in [0.1, 0.15) is 52.4 Å². The molecule has 2 atom stereocenters. The van der Waals surface area contributed by atoms with Gasteiger partial charge in [0.1, 0.15) is 0 Å². The zero-order chi connectivity index (χ0) is 14.5. The van der Waals surface area contributed by atoms with Gasteiger partial charge in [0.15, 0.2) is 0 Å². The van der Waals surface area contributed by atoms with Crippen molar-refractivity contribution in [2.24, 2.45) is 11.8 Å². The molecule has 0 aromatic carbocycles. The van der Waals surface area contributed by atoms with Gasteiger partial charge < -0.3 is 9.80 Å². The number of likely N-dealkylation sites (tertiary alicyclic amines) is 2. The second-order valence-corrected chi connectivity index (χ2v) is 6.67. The van der Waals surface area contributed by atoms with Crippen LogP contribution in [-0.4, -0.2) is 47.8 Å². The van der Waals surface area contributed by atoms with Gasteiger partial charge in [-0.25, -0.2) is 0 Å². The first-order chi connectivity index (χ1) is 9.56. The molecule has 2 fully saturated rings. The van der Waals surface area contributed by atoms with E-state index in [9.17, 15) is 9.59 Å². The number of rotatable bonds is 3. The van der Waals surface area contributed by atoms with Crippen molar-refractivity contribution < 1.29 is 9.59 Å². The number of carbonyl (C=O) groups excluding carboxylic acids is 2. The first-order valence-electron chi connectivity index (χ1n) is 8.12. The number of hydrogen-bond donors (Lipinski definition) is 0. The number of carbonyl (C=O) groups is 2. The minimum absolute atomic E-state index is 0.162. The van der Waals surface area contributed by atoms with E-state index in [1.807, 2.05) is 9.80 Å². The molecule has 2 aliphatic heterocycles. The Bertz CT molecular complexity index is 322. The van der Waals surface area contributed by atoms with Crippen molar-refractivity contribution in [3.8, 4) is 0 Å². The van der Waals surface area contributed by atoms with Crippen molar-refractivity contribution >= 4 is 11.8 Å². The van der Waals surface area contributed by atoms with E-state index in [2.05, 4.69) is 13.8 Å². The Morgan fingerprint density at radius 1 is 0.850 bits per heavy atom. The topological polar surface area (TPSA) is 40.6 Å². The molecular formula is C16H28N2O2. The first kappa shape index (κ1) is 15.3. The smallest absolute Gasteiger partial charge is 0.223 e. The third-order valence-corrected chi connectivity index (χ3v) is 4.57. The third-order valence-electron chi connectivity index (χ3n) is 4.57. The molecule has 4 heteroatoms. The molecular weight excluding hydrogens is 252 g/mol. The summed E-state index contributed by atoms with van der Waals surface area (Å²) in [7, 11) is 0. The van der Waals surface area contributed by atoms with Gasteiger partial charge in [-0.05, 0) is 37.5 Å². The summed E-state index contributed by atoms with van der Waals surface area (Å²) >= 11 is 0. The van der Waals surface area contributed by atoms with Gasteiger partial charge in [0.25, 0.3) is 0 Å². The lowest BCUT2D eigenvalue weighted by Gasteiger charge is -2.32. The summed E-state index contributed by atoms with van der Waals surface area (Å²) in [6.45, 7) is 7.87. The maximum Gasteiger partial charge on any atom is 0.223 e. The monoisotopic (exact) mass is 280 g/mol. The molecule has 0 aromatic rings. The predicted octanol–water partition coefficient (Wildman–Crippen LogP) is 2.28. The van der Waals surface area contributed by atoms with Crippen molar-refractivity contribution in [1.82, 2.24) is 9.80 Å². The Morgan fingerprint density at radius 3 is 1.60 bits per heavy atom. The van der Waals surface area contributed by atoms with E-state index >= 15 is 0 Å². The summed E-state index contributed by atoms with van der Waals surface area (Å²) in [4.78, 5) is 28.2. The van der Waals surface area contributed by atoms with Gasteiger partial charge in [-0.3, -0.25) is 9.59 Å². The molecule has 2 amide bonds. The van der Waals surface area contributed by atoms with E-state index in [0.717, 1.165) is 39.0 Å². The number of hydrogen-bond acceptors (Lipinski definition) is 2. The van der Waals surface area contributed by atoms with Crippen LogP contribution in [0.25, 0.3) is 0 Å². The van der Waals surface area contributed by atoms with Gasteiger partial charge >= 0.3 is 0 Å². The molecule has 0 aromatic heterocycles. The fraction of sp³-hybridized carbons (Fsp3) is 0.875. The lowest BCUT2D eigenvalue weighted by Crippen LogP contribution is -2.41. The van der Waals surface area contributed by atoms with Crippen LogP contribution < -0.4 is 0 Å². The minimum Gasteiger partial charge on any atom is -0.342 e. The van der Waals surface area contributed by atoms with E-state index < -0.39 is 0 Å². The Labute approximate surface area is 122 Å². The van der Waals surface area contributed by atoms with Crippen LogP contribution in [0.4, 0.5) is 0 Å². The highest BCUT2D eigenvalue weighted by molar-refractivity contribution is 5.84. The van der Waals surface area contributed by atoms with Crippen LogP contribution in [0.15, 0.2) is 0 Å². The first-order valence-corrected chi connectivity index (χ1v) is 8.12. The molecule has 20 heavy (non-hydrogen) atoms. The van der Waals surface area contributed by atoms with Crippen molar-refractivity contribution in [1.29, 1.82) is 0 Å². The van der Waals surface area contributed by atoms with E-state index in [1.165, 1.54) is 12.8 Å². The van der Waals surface area contributed by atoms with Gasteiger partial charge in [0.05, 0.1) is 0 Å². The van der Waals surface area contributed by atoms with Gasteiger partial charge in [-0.15, -0.1) is 0 Å². The number of amides is 2. The summed E-state index contributed by atoms with van der Waals surface area (Å²) in [5.74, 6) is 1.53. The second kappa shape index (κ2) is 7.09. The molecule has 2 rings (SSSR count). The molecule has 2 aliphatic rings. The summed E-state index contributed by atoms with van der Waals surface area (Å²) in [6.07, 6.45) is 5.41. The fourth-order valence-corrected chi connectivity index (χ4v) is 3.36. The molecule has 0 bridgehead atoms. The second-order valence-electron chi connectivity index (χ2n) is 6.67. The maximum absolute atomic E-state index is 12.2. The normalized spacial score (nSPS) is 27.5. The molecule has 2 saturated heterocycles. The van der Waals surface area contributed by atoms with Gasteiger partial charge in [-0.2, -0.15) is 0 Å². The van der Waals surface area contributed by atoms with Crippen molar-refractivity contribution in [2.45, 2.75) is 52.4 Å². The lowest BCUT2D eigenvalue weighted by atomic mass is 9.99. The van der Waals surface area contributed by atoms with Crippen molar-refractivity contribution in [2.75, 3.05) is 26.2 Å². The molecule has 0 aliphatic carbocycles. The molecule has 0 spiro atoms. The zero-order valence-corrected chi connectivity index (χ0v) is 12.9. The summed E-state index contributed by atoms with van der Waals surface area (Å²) in [6, 6.07) is 0. The Kier molecular flexibility index (Phi) is 5.44. The van der Waals surface area contributed by atoms with Gasteiger partial charge in [-0.1, -0.05) is 13.8 Å². The predicted molar refractivity (Wildman–Crippen MR) is 79.2 cm³/mol. The molecule has 0 N–H and O–H groups in total. The lowest BCUT2D eigenvalue weighted by molar-refractivity contribution is -0.138. The van der Waals surface area contributed by atoms with E-state index in [1.54, 1.807) is 0 Å². The number of nitrogens with zero attached hydrogens (tertiary/aromatic N) is 2. The van der Waals surface area contributed by atoms with E-state index in [-0.39, 0.29) is 11.8 Å². The SMILES string of the molecule is C[C@@H]1CCCN(C(=O)CCC(=O)N2CCC[C@@H](C)C2)C1.